The first-order chi connectivity index (χ1) is 9.88. The number of hydrogen-bond donors (Lipinski definition) is 1. The van der Waals surface area contributed by atoms with E-state index in [2.05, 4.69) is 10.2 Å². The minimum absolute atomic E-state index is 0.176. The molecule has 0 aliphatic heterocycles. The third-order valence-corrected chi connectivity index (χ3v) is 3.61. The van der Waals surface area contributed by atoms with Crippen LogP contribution >= 0.6 is 0 Å². The van der Waals surface area contributed by atoms with Gasteiger partial charge in [0.25, 0.3) is 10.1 Å². The molecule has 6 nitrogen and oxygen atoms in total. The molecule has 1 N–H and O–H groups in total. The third-order valence-electron chi connectivity index (χ3n) is 2.76. The zero-order valence-corrected chi connectivity index (χ0v) is 12.4. The van der Waals surface area contributed by atoms with Crippen LogP contribution in [0.1, 0.15) is 0 Å². The SMILES string of the molecule is CN(C)c1cc(S(=O)(=O)O)ccc1N=Nc1ccccc1. The van der Waals surface area contributed by atoms with Crippen molar-refractivity contribution in [3.63, 3.8) is 0 Å². The van der Waals surface area contributed by atoms with Gasteiger partial charge in [-0.2, -0.15) is 13.5 Å². The molecular formula is C14H15N3O3S. The monoisotopic (exact) mass is 305 g/mol. The van der Waals surface area contributed by atoms with Crippen LogP contribution < -0.4 is 4.90 Å². The smallest absolute Gasteiger partial charge is 0.294 e. The maximum Gasteiger partial charge on any atom is 0.294 e. The Morgan fingerprint density at radius 2 is 1.67 bits per heavy atom. The Balaban J connectivity index is 2.42. The lowest BCUT2D eigenvalue weighted by molar-refractivity contribution is 0.483. The number of benzene rings is 2. The predicted molar refractivity (Wildman–Crippen MR) is 81.2 cm³/mol. The van der Waals surface area contributed by atoms with Gasteiger partial charge in [-0.25, -0.2) is 0 Å². The summed E-state index contributed by atoms with van der Waals surface area (Å²) < 4.78 is 31.5. The van der Waals surface area contributed by atoms with Gasteiger partial charge < -0.3 is 4.90 Å². The minimum Gasteiger partial charge on any atom is -0.376 e. The second kappa shape index (κ2) is 6.02. The van der Waals surface area contributed by atoms with Crippen LogP contribution in [0.5, 0.6) is 0 Å². The lowest BCUT2D eigenvalue weighted by Crippen LogP contribution is -2.10. The molecule has 2 rings (SSSR count). The third kappa shape index (κ3) is 3.87. The summed E-state index contributed by atoms with van der Waals surface area (Å²) in [5.41, 5.74) is 1.75. The van der Waals surface area contributed by atoms with Crippen LogP contribution in [-0.4, -0.2) is 27.1 Å². The summed E-state index contributed by atoms with van der Waals surface area (Å²) in [5.74, 6) is 0. The summed E-state index contributed by atoms with van der Waals surface area (Å²) in [4.78, 5) is 1.53. The van der Waals surface area contributed by atoms with Gasteiger partial charge in [-0.05, 0) is 30.3 Å². The Labute approximate surface area is 123 Å². The van der Waals surface area contributed by atoms with E-state index in [1.54, 1.807) is 19.0 Å². The van der Waals surface area contributed by atoms with Crippen molar-refractivity contribution < 1.29 is 13.0 Å². The van der Waals surface area contributed by atoms with Crippen molar-refractivity contribution in [2.75, 3.05) is 19.0 Å². The number of hydrogen-bond acceptors (Lipinski definition) is 5. The molecule has 0 heterocycles. The fourth-order valence-corrected chi connectivity index (χ4v) is 2.21. The van der Waals surface area contributed by atoms with E-state index in [1.165, 1.54) is 18.2 Å². The van der Waals surface area contributed by atoms with Crippen LogP contribution in [0, 0.1) is 0 Å². The van der Waals surface area contributed by atoms with Crippen LogP contribution in [0.4, 0.5) is 17.1 Å². The van der Waals surface area contributed by atoms with Crippen molar-refractivity contribution >= 4 is 27.2 Å². The topological polar surface area (TPSA) is 82.3 Å². The van der Waals surface area contributed by atoms with Crippen molar-refractivity contribution in [3.8, 4) is 0 Å². The van der Waals surface area contributed by atoms with Gasteiger partial charge in [0, 0.05) is 14.1 Å². The molecule has 21 heavy (non-hydrogen) atoms. The first-order valence-corrected chi connectivity index (χ1v) is 7.57. The van der Waals surface area contributed by atoms with E-state index in [0.29, 0.717) is 17.1 Å². The maximum absolute atomic E-state index is 11.2. The highest BCUT2D eigenvalue weighted by atomic mass is 32.2. The van der Waals surface area contributed by atoms with E-state index >= 15 is 0 Å². The number of azo groups is 1. The van der Waals surface area contributed by atoms with Crippen molar-refractivity contribution in [2.24, 2.45) is 10.2 Å². The molecule has 0 unspecified atom stereocenters. The molecule has 110 valence electrons. The van der Waals surface area contributed by atoms with E-state index in [0.717, 1.165) is 0 Å². The van der Waals surface area contributed by atoms with Gasteiger partial charge >= 0.3 is 0 Å². The average Bonchev–Trinajstić information content (AvgIpc) is 2.45. The molecule has 2 aromatic carbocycles. The number of anilines is 1. The molecular weight excluding hydrogens is 290 g/mol. The molecule has 0 bridgehead atoms. The Kier molecular flexibility index (Phi) is 4.35. The lowest BCUT2D eigenvalue weighted by Gasteiger charge is -2.15. The minimum atomic E-state index is -4.24. The molecule has 0 aliphatic rings. The lowest BCUT2D eigenvalue weighted by atomic mass is 10.2. The second-order valence-electron chi connectivity index (χ2n) is 4.56. The second-order valence-corrected chi connectivity index (χ2v) is 5.98. The summed E-state index contributed by atoms with van der Waals surface area (Å²) in [6, 6.07) is 13.4. The van der Waals surface area contributed by atoms with Crippen LogP contribution in [0.3, 0.4) is 0 Å². The molecule has 0 aliphatic carbocycles. The quantitative estimate of drug-likeness (QED) is 0.693. The maximum atomic E-state index is 11.2. The fourth-order valence-electron chi connectivity index (χ4n) is 1.71. The highest BCUT2D eigenvalue weighted by molar-refractivity contribution is 7.85. The summed E-state index contributed by atoms with van der Waals surface area (Å²) >= 11 is 0. The largest absolute Gasteiger partial charge is 0.376 e. The van der Waals surface area contributed by atoms with Crippen molar-refractivity contribution in [2.45, 2.75) is 4.90 Å². The molecule has 0 saturated heterocycles. The van der Waals surface area contributed by atoms with Crippen molar-refractivity contribution in [3.05, 3.63) is 48.5 Å². The van der Waals surface area contributed by atoms with Gasteiger partial charge in [0.2, 0.25) is 0 Å². The summed E-state index contributed by atoms with van der Waals surface area (Å²) in [7, 11) is -0.732. The van der Waals surface area contributed by atoms with Gasteiger partial charge in [-0.15, -0.1) is 5.11 Å². The number of rotatable bonds is 4. The normalized spacial score (nSPS) is 11.8. The van der Waals surface area contributed by atoms with Gasteiger partial charge in [0.05, 0.1) is 16.3 Å². The van der Waals surface area contributed by atoms with E-state index < -0.39 is 10.1 Å². The molecule has 0 saturated carbocycles. The molecule has 0 aromatic heterocycles. The van der Waals surface area contributed by atoms with E-state index in [-0.39, 0.29) is 4.90 Å². The fraction of sp³-hybridized carbons (Fsp3) is 0.143. The highest BCUT2D eigenvalue weighted by Crippen LogP contribution is 2.31. The molecule has 0 spiro atoms. The first-order valence-electron chi connectivity index (χ1n) is 6.13. The Morgan fingerprint density at radius 3 is 2.24 bits per heavy atom. The van der Waals surface area contributed by atoms with Gasteiger partial charge in [-0.3, -0.25) is 4.55 Å². The Bertz CT molecular complexity index is 756. The van der Waals surface area contributed by atoms with Crippen LogP contribution in [0.15, 0.2) is 63.7 Å². The highest BCUT2D eigenvalue weighted by Gasteiger charge is 2.13. The predicted octanol–water partition coefficient (Wildman–Crippen LogP) is 3.41. The Morgan fingerprint density at radius 1 is 1.00 bits per heavy atom. The summed E-state index contributed by atoms with van der Waals surface area (Å²) in [6.45, 7) is 0. The van der Waals surface area contributed by atoms with E-state index in [4.69, 9.17) is 4.55 Å². The van der Waals surface area contributed by atoms with E-state index in [1.807, 2.05) is 30.3 Å². The van der Waals surface area contributed by atoms with Crippen molar-refractivity contribution in [1.82, 2.24) is 0 Å². The van der Waals surface area contributed by atoms with Gasteiger partial charge in [0.1, 0.15) is 5.69 Å². The summed E-state index contributed by atoms with van der Waals surface area (Å²) in [5, 5.41) is 8.23. The molecule has 0 atom stereocenters. The summed E-state index contributed by atoms with van der Waals surface area (Å²) in [6.07, 6.45) is 0. The van der Waals surface area contributed by atoms with Crippen LogP contribution in [-0.2, 0) is 10.1 Å². The van der Waals surface area contributed by atoms with Crippen LogP contribution in [0.25, 0.3) is 0 Å². The molecule has 2 aromatic rings. The van der Waals surface area contributed by atoms with Gasteiger partial charge in [0.15, 0.2) is 0 Å². The van der Waals surface area contributed by atoms with Gasteiger partial charge in [-0.1, -0.05) is 18.2 Å². The van der Waals surface area contributed by atoms with Crippen molar-refractivity contribution in [1.29, 1.82) is 0 Å². The number of nitrogens with zero attached hydrogens (tertiary/aromatic N) is 3. The average molecular weight is 305 g/mol. The Hall–Kier alpha value is -2.25. The molecule has 0 amide bonds. The zero-order chi connectivity index (χ0) is 15.5. The standard InChI is InChI=1S/C14H15N3O3S/c1-17(2)14-10-12(21(18,19)20)8-9-13(14)16-15-11-6-4-3-5-7-11/h3-10H,1-2H3,(H,18,19,20). The van der Waals surface area contributed by atoms with E-state index in [9.17, 15) is 8.42 Å². The molecule has 7 heteroatoms. The van der Waals surface area contributed by atoms with Crippen LogP contribution in [0.2, 0.25) is 0 Å². The first kappa shape index (κ1) is 15.1. The molecule has 0 fully saturated rings. The zero-order valence-electron chi connectivity index (χ0n) is 11.6. The molecule has 0 radical (unpaired) electrons.